The summed E-state index contributed by atoms with van der Waals surface area (Å²) < 4.78 is 40.2. The maximum Gasteiger partial charge on any atom is 0.490 e. The van der Waals surface area contributed by atoms with Crippen molar-refractivity contribution in [2.24, 2.45) is 0 Å². The highest BCUT2D eigenvalue weighted by atomic mass is 19.4. The Labute approximate surface area is 222 Å². The number of piperidine rings is 1. The molecule has 39 heavy (non-hydrogen) atoms. The van der Waals surface area contributed by atoms with Crippen molar-refractivity contribution < 1.29 is 37.4 Å². The zero-order valence-corrected chi connectivity index (χ0v) is 21.4. The van der Waals surface area contributed by atoms with Crippen molar-refractivity contribution >= 4 is 17.9 Å². The number of carboxylic acids is 1. The first-order chi connectivity index (χ1) is 18.5. The lowest BCUT2D eigenvalue weighted by Gasteiger charge is -2.46. The van der Waals surface area contributed by atoms with Crippen LogP contribution in [0.25, 0.3) is 0 Å². The molecular formula is C24H30F3N7O5. The zero-order chi connectivity index (χ0) is 28.2. The van der Waals surface area contributed by atoms with E-state index in [0.29, 0.717) is 44.7 Å². The molecule has 1 spiro atoms. The van der Waals surface area contributed by atoms with Gasteiger partial charge in [0.1, 0.15) is 11.4 Å². The molecule has 0 bridgehead atoms. The fourth-order valence-corrected chi connectivity index (χ4v) is 4.84. The Hall–Kier alpha value is -3.75. The molecule has 3 amide bonds. The number of nitrogens with zero attached hydrogens (tertiary/aromatic N) is 6. The molecule has 2 aromatic rings. The summed E-state index contributed by atoms with van der Waals surface area (Å²) in [7, 11) is 0. The summed E-state index contributed by atoms with van der Waals surface area (Å²) in [6, 6.07) is 0.116. The van der Waals surface area contributed by atoms with Gasteiger partial charge in [0, 0.05) is 57.6 Å². The Bertz CT molecular complexity index is 1170. The van der Waals surface area contributed by atoms with E-state index in [4.69, 9.17) is 14.6 Å². The standard InChI is InChI=1S/C22H29N7O3.C2HF3O2/c1-16-12-25-17(13-24-16)14-26-19(30)18-15-29-11-6-23-20(29)22(32-18)4-9-28(10-5-22)21(31)27-7-2-3-8-27;3-2(4,5)1(6)7/h6,11-13,18H,2-5,7-10,14-15H2,1H3,(H,26,30);(H,6,7). The molecule has 12 nitrogen and oxygen atoms in total. The number of carboxylic acid groups (broad SMARTS) is 1. The molecule has 0 aromatic carbocycles. The van der Waals surface area contributed by atoms with Gasteiger partial charge in [-0.2, -0.15) is 13.2 Å². The summed E-state index contributed by atoms with van der Waals surface area (Å²) in [6.07, 6.45) is 4.69. The molecule has 3 aliphatic heterocycles. The van der Waals surface area contributed by atoms with Gasteiger partial charge in [0.05, 0.1) is 30.7 Å². The minimum Gasteiger partial charge on any atom is -0.475 e. The number of carbonyl (C=O) groups is 3. The molecule has 15 heteroatoms. The van der Waals surface area contributed by atoms with Crippen LogP contribution in [0.3, 0.4) is 0 Å². The van der Waals surface area contributed by atoms with Crippen molar-refractivity contribution in [2.75, 3.05) is 26.2 Å². The topological polar surface area (TPSA) is 143 Å². The minimum atomic E-state index is -5.08. The number of hydrogen-bond donors (Lipinski definition) is 2. The molecule has 5 rings (SSSR count). The van der Waals surface area contributed by atoms with E-state index in [0.717, 1.165) is 37.4 Å². The van der Waals surface area contributed by atoms with Gasteiger partial charge >= 0.3 is 18.2 Å². The molecular weight excluding hydrogens is 523 g/mol. The highest BCUT2D eigenvalue weighted by Crippen LogP contribution is 2.40. The minimum absolute atomic E-state index is 0.116. The van der Waals surface area contributed by atoms with E-state index in [1.165, 1.54) is 0 Å². The van der Waals surface area contributed by atoms with Crippen molar-refractivity contribution in [3.8, 4) is 0 Å². The number of fused-ring (bicyclic) bond motifs is 2. The van der Waals surface area contributed by atoms with Crippen LogP contribution in [-0.2, 0) is 33.0 Å². The summed E-state index contributed by atoms with van der Waals surface area (Å²) in [4.78, 5) is 51.5. The van der Waals surface area contributed by atoms with Crippen LogP contribution in [0.15, 0.2) is 24.8 Å². The van der Waals surface area contributed by atoms with E-state index in [-0.39, 0.29) is 11.9 Å². The first-order valence-electron chi connectivity index (χ1n) is 12.6. The SMILES string of the molecule is Cc1cnc(CNC(=O)C2Cn3ccnc3C3(CCN(C(=O)N4CCCC4)CC3)O2)cn1.O=C(O)C(F)(F)F. The van der Waals surface area contributed by atoms with Crippen LogP contribution in [0.4, 0.5) is 18.0 Å². The largest absolute Gasteiger partial charge is 0.490 e. The van der Waals surface area contributed by atoms with Crippen LogP contribution in [0.1, 0.15) is 42.9 Å². The lowest BCUT2D eigenvalue weighted by molar-refractivity contribution is -0.192. The number of amides is 3. The van der Waals surface area contributed by atoms with Gasteiger partial charge in [-0.3, -0.25) is 14.8 Å². The second-order valence-electron chi connectivity index (χ2n) is 9.64. The second-order valence-corrected chi connectivity index (χ2v) is 9.64. The molecule has 0 saturated carbocycles. The third kappa shape index (κ3) is 6.64. The van der Waals surface area contributed by atoms with Gasteiger partial charge < -0.3 is 29.5 Å². The van der Waals surface area contributed by atoms with Crippen molar-refractivity contribution in [2.45, 2.75) is 63.6 Å². The van der Waals surface area contributed by atoms with Crippen LogP contribution in [0, 0.1) is 6.92 Å². The van der Waals surface area contributed by atoms with E-state index in [2.05, 4.69) is 20.3 Å². The number of aromatic nitrogens is 4. The van der Waals surface area contributed by atoms with Gasteiger partial charge in [-0.15, -0.1) is 0 Å². The normalized spacial score (nSPS) is 20.2. The Balaban J connectivity index is 0.000000448. The van der Waals surface area contributed by atoms with Crippen LogP contribution in [0.2, 0.25) is 0 Å². The number of carbonyl (C=O) groups excluding carboxylic acids is 2. The monoisotopic (exact) mass is 553 g/mol. The molecule has 3 aliphatic rings. The number of rotatable bonds is 3. The first-order valence-corrected chi connectivity index (χ1v) is 12.6. The highest BCUT2D eigenvalue weighted by molar-refractivity contribution is 5.81. The van der Waals surface area contributed by atoms with Gasteiger partial charge in [-0.05, 0) is 19.8 Å². The molecule has 2 N–H and O–H groups in total. The number of nitrogens with one attached hydrogen (secondary N) is 1. The van der Waals surface area contributed by atoms with Gasteiger partial charge in [0.15, 0.2) is 6.10 Å². The van der Waals surface area contributed by atoms with Gasteiger partial charge in [-0.25, -0.2) is 14.6 Å². The summed E-state index contributed by atoms with van der Waals surface area (Å²) in [5.41, 5.74) is 0.876. The lowest BCUT2D eigenvalue weighted by atomic mass is 9.88. The van der Waals surface area contributed by atoms with Crippen LogP contribution in [0.5, 0.6) is 0 Å². The summed E-state index contributed by atoms with van der Waals surface area (Å²) >= 11 is 0. The van der Waals surface area contributed by atoms with Gasteiger partial charge in [0.25, 0.3) is 5.91 Å². The molecule has 1 atom stereocenters. The van der Waals surface area contributed by atoms with Crippen molar-refractivity contribution in [3.05, 3.63) is 42.0 Å². The van der Waals surface area contributed by atoms with E-state index in [9.17, 15) is 22.8 Å². The Morgan fingerprint density at radius 1 is 1.08 bits per heavy atom. The van der Waals surface area contributed by atoms with Gasteiger partial charge in [-0.1, -0.05) is 0 Å². The molecule has 2 fully saturated rings. The average Bonchev–Trinajstić information content (AvgIpc) is 3.61. The molecule has 5 heterocycles. The Morgan fingerprint density at radius 2 is 1.72 bits per heavy atom. The smallest absolute Gasteiger partial charge is 0.475 e. The first kappa shape index (κ1) is 28.3. The molecule has 212 valence electrons. The van der Waals surface area contributed by atoms with E-state index < -0.39 is 23.9 Å². The number of hydrogen-bond acceptors (Lipinski definition) is 7. The predicted molar refractivity (Wildman–Crippen MR) is 128 cm³/mol. The second kappa shape index (κ2) is 11.6. The van der Waals surface area contributed by atoms with Gasteiger partial charge in [0.2, 0.25) is 0 Å². The Kier molecular flexibility index (Phi) is 8.37. The molecule has 2 saturated heterocycles. The van der Waals surface area contributed by atoms with Crippen molar-refractivity contribution in [1.82, 2.24) is 34.6 Å². The lowest BCUT2D eigenvalue weighted by Crippen LogP contribution is -2.55. The van der Waals surface area contributed by atoms with Crippen LogP contribution >= 0.6 is 0 Å². The molecule has 0 aliphatic carbocycles. The van der Waals surface area contributed by atoms with Crippen molar-refractivity contribution in [1.29, 1.82) is 0 Å². The van der Waals surface area contributed by atoms with Crippen molar-refractivity contribution in [3.63, 3.8) is 0 Å². The molecule has 1 unspecified atom stereocenters. The molecule has 0 radical (unpaired) electrons. The average molecular weight is 554 g/mol. The number of alkyl halides is 3. The number of aryl methyl sites for hydroxylation is 1. The fraction of sp³-hybridized carbons (Fsp3) is 0.583. The number of likely N-dealkylation sites (tertiary alicyclic amines) is 2. The number of urea groups is 1. The maximum atomic E-state index is 13.0. The Morgan fingerprint density at radius 3 is 2.31 bits per heavy atom. The summed E-state index contributed by atoms with van der Waals surface area (Å²) in [5.74, 6) is -2.09. The summed E-state index contributed by atoms with van der Waals surface area (Å²) in [6.45, 7) is 5.46. The third-order valence-electron chi connectivity index (χ3n) is 6.88. The van der Waals surface area contributed by atoms with E-state index >= 15 is 0 Å². The third-order valence-corrected chi connectivity index (χ3v) is 6.88. The number of halogens is 3. The number of imidazole rings is 1. The van der Waals surface area contributed by atoms with Crippen LogP contribution in [-0.4, -0.2) is 90.8 Å². The zero-order valence-electron chi connectivity index (χ0n) is 21.4. The number of ether oxygens (including phenoxy) is 1. The predicted octanol–water partition coefficient (Wildman–Crippen LogP) is 1.84. The highest BCUT2D eigenvalue weighted by Gasteiger charge is 2.48. The quantitative estimate of drug-likeness (QED) is 0.586. The van der Waals surface area contributed by atoms with Crippen LogP contribution < -0.4 is 5.32 Å². The number of aliphatic carboxylic acids is 1. The fourth-order valence-electron chi connectivity index (χ4n) is 4.84. The summed E-state index contributed by atoms with van der Waals surface area (Å²) in [5, 5.41) is 10.1. The maximum absolute atomic E-state index is 13.0. The van der Waals surface area contributed by atoms with E-state index in [1.807, 2.05) is 27.5 Å². The van der Waals surface area contributed by atoms with E-state index in [1.54, 1.807) is 18.6 Å². The molecule has 2 aromatic heterocycles.